The third-order valence-electron chi connectivity index (χ3n) is 3.03. The molecule has 1 aliphatic heterocycles. The molecule has 2 aromatic rings. The van der Waals surface area contributed by atoms with E-state index in [1.807, 2.05) is 0 Å². The zero-order chi connectivity index (χ0) is 15.5. The van der Waals surface area contributed by atoms with E-state index in [-0.39, 0.29) is 11.7 Å². The van der Waals surface area contributed by atoms with Gasteiger partial charge in [-0.05, 0) is 29.5 Å². The monoisotopic (exact) mass is 351 g/mol. The maximum absolute atomic E-state index is 12.3. The summed E-state index contributed by atoms with van der Waals surface area (Å²) >= 11 is 4.56. The molecule has 0 spiro atoms. The van der Waals surface area contributed by atoms with Crippen LogP contribution < -0.4 is 5.32 Å². The zero-order valence-corrected chi connectivity index (χ0v) is 14.2. The fourth-order valence-electron chi connectivity index (χ4n) is 2.05. The minimum atomic E-state index is -0.0243. The summed E-state index contributed by atoms with van der Waals surface area (Å²) in [5, 5.41) is 10.9. The maximum Gasteiger partial charge on any atom is 0.228 e. The quantitative estimate of drug-likeness (QED) is 0.637. The Morgan fingerprint density at radius 3 is 2.86 bits per heavy atom. The molecule has 2 heterocycles. The molecule has 3 rings (SSSR count). The molecule has 0 saturated heterocycles. The number of hydrogen-bond acceptors (Lipinski definition) is 7. The molecule has 0 bridgehead atoms. The minimum Gasteiger partial charge on any atom is -0.326 e. The van der Waals surface area contributed by atoms with Crippen LogP contribution in [0.5, 0.6) is 0 Å². The van der Waals surface area contributed by atoms with Crippen LogP contribution in [0.1, 0.15) is 22.8 Å². The first-order chi connectivity index (χ1) is 10.7. The van der Waals surface area contributed by atoms with Gasteiger partial charge in [-0.3, -0.25) is 9.59 Å². The van der Waals surface area contributed by atoms with Crippen LogP contribution in [0.25, 0.3) is 0 Å². The summed E-state index contributed by atoms with van der Waals surface area (Å²) in [6.07, 6.45) is 0.345. The lowest BCUT2D eigenvalue weighted by molar-refractivity contribution is -0.115. The molecule has 5 nitrogen and oxygen atoms in total. The van der Waals surface area contributed by atoms with Gasteiger partial charge in [0.2, 0.25) is 5.91 Å². The van der Waals surface area contributed by atoms with E-state index in [4.69, 9.17) is 0 Å². The number of nitrogens with one attached hydrogen (secondary N) is 1. The second kappa shape index (κ2) is 6.80. The number of benzene rings is 1. The molecule has 0 radical (unpaired) electrons. The number of fused-ring (bicyclic) bond motifs is 1. The van der Waals surface area contributed by atoms with Crippen molar-refractivity contribution in [1.29, 1.82) is 0 Å². The standard InChI is InChI=1S/C14H13N3O2S3/c1-2-20-13-16-17-14(22-13)21-7-11(18)8-3-4-10-9(5-8)6-12(19)15-10/h3-5H,2,6-7H2,1H3,(H,15,19). The zero-order valence-electron chi connectivity index (χ0n) is 11.8. The van der Waals surface area contributed by atoms with Crippen LogP contribution in [-0.4, -0.2) is 33.4 Å². The Bertz CT molecular complexity index is 730. The van der Waals surface area contributed by atoms with E-state index in [2.05, 4.69) is 22.4 Å². The summed E-state index contributed by atoms with van der Waals surface area (Å²) in [5.74, 6) is 1.29. The van der Waals surface area contributed by atoms with Gasteiger partial charge in [0.1, 0.15) is 0 Å². The van der Waals surface area contributed by atoms with Crippen LogP contribution in [0.4, 0.5) is 5.69 Å². The smallest absolute Gasteiger partial charge is 0.228 e. The van der Waals surface area contributed by atoms with Crippen LogP contribution in [0.15, 0.2) is 26.9 Å². The maximum atomic E-state index is 12.3. The molecule has 1 aromatic heterocycles. The van der Waals surface area contributed by atoms with E-state index in [1.54, 1.807) is 30.0 Å². The summed E-state index contributed by atoms with van der Waals surface area (Å²) in [4.78, 5) is 23.6. The lowest BCUT2D eigenvalue weighted by Crippen LogP contribution is -2.03. The summed E-state index contributed by atoms with van der Waals surface area (Å²) in [7, 11) is 0. The Morgan fingerprint density at radius 2 is 2.09 bits per heavy atom. The van der Waals surface area contributed by atoms with Gasteiger partial charge < -0.3 is 5.32 Å². The molecule has 0 fully saturated rings. The first kappa shape index (κ1) is 15.5. The number of amides is 1. The Hall–Kier alpha value is -1.38. The minimum absolute atomic E-state index is 0.0243. The van der Waals surface area contributed by atoms with Crippen molar-refractivity contribution in [2.75, 3.05) is 16.8 Å². The SMILES string of the molecule is CCSc1nnc(SCC(=O)c2ccc3c(c2)CC(=O)N3)s1. The Balaban J connectivity index is 1.62. The number of thioether (sulfide) groups is 2. The van der Waals surface area contributed by atoms with Gasteiger partial charge in [0.05, 0.1) is 12.2 Å². The molecule has 8 heteroatoms. The van der Waals surface area contributed by atoms with Gasteiger partial charge in [0.25, 0.3) is 0 Å². The van der Waals surface area contributed by atoms with E-state index >= 15 is 0 Å². The third kappa shape index (κ3) is 3.50. The largest absolute Gasteiger partial charge is 0.326 e. The lowest BCUT2D eigenvalue weighted by atomic mass is 10.1. The number of rotatable bonds is 6. The average Bonchev–Trinajstić information content (AvgIpc) is 3.09. The number of carbonyl (C=O) groups excluding carboxylic acids is 2. The predicted octanol–water partition coefficient (Wildman–Crippen LogP) is 3.12. The molecule has 1 aromatic carbocycles. The van der Waals surface area contributed by atoms with Crippen molar-refractivity contribution in [3.05, 3.63) is 29.3 Å². The molecule has 0 unspecified atom stereocenters. The molecule has 1 N–H and O–H groups in total. The summed E-state index contributed by atoms with van der Waals surface area (Å²) in [6.45, 7) is 2.07. The highest BCUT2D eigenvalue weighted by atomic mass is 32.2. The number of nitrogens with zero attached hydrogens (tertiary/aromatic N) is 2. The average molecular weight is 351 g/mol. The fraction of sp³-hybridized carbons (Fsp3) is 0.286. The number of ketones is 1. The molecule has 0 atom stereocenters. The van der Waals surface area contributed by atoms with E-state index in [0.717, 1.165) is 25.7 Å². The van der Waals surface area contributed by atoms with Crippen molar-refractivity contribution >= 4 is 52.2 Å². The van der Waals surface area contributed by atoms with Crippen molar-refractivity contribution in [3.8, 4) is 0 Å². The number of aromatic nitrogens is 2. The van der Waals surface area contributed by atoms with Crippen LogP contribution in [0, 0.1) is 0 Å². The fourth-order valence-corrected chi connectivity index (χ4v) is 4.86. The van der Waals surface area contributed by atoms with Gasteiger partial charge >= 0.3 is 0 Å². The number of Topliss-reactive ketones (excluding diaryl/α,β-unsaturated/α-hetero) is 1. The van der Waals surface area contributed by atoms with Crippen molar-refractivity contribution in [2.45, 2.75) is 22.0 Å². The number of hydrogen-bond donors (Lipinski definition) is 1. The molecule has 22 heavy (non-hydrogen) atoms. The highest BCUT2D eigenvalue weighted by molar-refractivity contribution is 8.03. The van der Waals surface area contributed by atoms with Crippen molar-refractivity contribution in [2.24, 2.45) is 0 Å². The number of anilines is 1. The molecule has 0 saturated carbocycles. The molecule has 1 amide bonds. The highest BCUT2D eigenvalue weighted by Gasteiger charge is 2.19. The second-order valence-corrected chi connectivity index (χ2v) is 8.29. The van der Waals surface area contributed by atoms with Crippen molar-refractivity contribution in [3.63, 3.8) is 0 Å². The first-order valence-corrected chi connectivity index (χ1v) is 9.49. The Labute approximate surface area is 140 Å². The van der Waals surface area contributed by atoms with Crippen LogP contribution in [0.3, 0.4) is 0 Å². The Morgan fingerprint density at radius 1 is 1.32 bits per heavy atom. The van der Waals surface area contributed by atoms with E-state index in [0.29, 0.717) is 17.7 Å². The highest BCUT2D eigenvalue weighted by Crippen LogP contribution is 2.29. The van der Waals surface area contributed by atoms with E-state index < -0.39 is 0 Å². The summed E-state index contributed by atoms with van der Waals surface area (Å²) in [6, 6.07) is 5.35. The van der Waals surface area contributed by atoms with E-state index in [1.165, 1.54) is 23.1 Å². The lowest BCUT2D eigenvalue weighted by Gasteiger charge is -2.02. The van der Waals surface area contributed by atoms with Crippen molar-refractivity contribution in [1.82, 2.24) is 10.2 Å². The molecular formula is C14H13N3O2S3. The van der Waals surface area contributed by atoms with E-state index in [9.17, 15) is 9.59 Å². The number of carbonyl (C=O) groups is 2. The second-order valence-electron chi connectivity index (χ2n) is 4.58. The molecule has 114 valence electrons. The summed E-state index contributed by atoms with van der Waals surface area (Å²) < 4.78 is 1.74. The Kier molecular flexibility index (Phi) is 4.80. The van der Waals surface area contributed by atoms with Crippen LogP contribution in [0.2, 0.25) is 0 Å². The van der Waals surface area contributed by atoms with Gasteiger partial charge in [-0.1, -0.05) is 41.8 Å². The van der Waals surface area contributed by atoms with Crippen LogP contribution >= 0.6 is 34.9 Å². The van der Waals surface area contributed by atoms with Gasteiger partial charge in [0.15, 0.2) is 14.5 Å². The molecule has 0 aliphatic carbocycles. The van der Waals surface area contributed by atoms with Gasteiger partial charge in [-0.2, -0.15) is 0 Å². The topological polar surface area (TPSA) is 72.0 Å². The van der Waals surface area contributed by atoms with Crippen LogP contribution in [-0.2, 0) is 11.2 Å². The van der Waals surface area contributed by atoms with Crippen molar-refractivity contribution < 1.29 is 9.59 Å². The molecule has 1 aliphatic rings. The molecular weight excluding hydrogens is 338 g/mol. The predicted molar refractivity (Wildman–Crippen MR) is 90.1 cm³/mol. The van der Waals surface area contributed by atoms with Gasteiger partial charge in [-0.25, -0.2) is 0 Å². The van der Waals surface area contributed by atoms with Gasteiger partial charge in [-0.15, -0.1) is 10.2 Å². The third-order valence-corrected chi connectivity index (χ3v) is 6.11. The first-order valence-electron chi connectivity index (χ1n) is 6.71. The summed E-state index contributed by atoms with van der Waals surface area (Å²) in [5.41, 5.74) is 2.33. The van der Waals surface area contributed by atoms with Gasteiger partial charge in [0, 0.05) is 11.3 Å². The normalized spacial score (nSPS) is 13.0.